The molecule has 3 rings (SSSR count). The molecule has 28 heavy (non-hydrogen) atoms. The molecule has 0 radical (unpaired) electrons. The summed E-state index contributed by atoms with van der Waals surface area (Å²) in [5, 5.41) is 5.70. The van der Waals surface area contributed by atoms with Crippen LogP contribution in [0.3, 0.4) is 0 Å². The SMILES string of the molecule is COc1cccc(OC)c1C(=O)NC1CNNC1C(=O)NCc1ccccn1. The van der Waals surface area contributed by atoms with Gasteiger partial charge in [-0.25, -0.2) is 5.43 Å². The largest absolute Gasteiger partial charge is 0.496 e. The third-order valence-corrected chi connectivity index (χ3v) is 4.41. The number of nitrogens with zero attached hydrogens (tertiary/aromatic N) is 1. The highest BCUT2D eigenvalue weighted by molar-refractivity contribution is 6.00. The molecule has 0 aliphatic carbocycles. The van der Waals surface area contributed by atoms with Crippen molar-refractivity contribution in [2.24, 2.45) is 0 Å². The Labute approximate surface area is 162 Å². The van der Waals surface area contributed by atoms with E-state index in [4.69, 9.17) is 9.47 Å². The summed E-state index contributed by atoms with van der Waals surface area (Å²) >= 11 is 0. The van der Waals surface area contributed by atoms with Gasteiger partial charge in [0.15, 0.2) is 0 Å². The summed E-state index contributed by atoms with van der Waals surface area (Å²) in [4.78, 5) is 29.6. The van der Waals surface area contributed by atoms with E-state index in [1.54, 1.807) is 24.4 Å². The highest BCUT2D eigenvalue weighted by atomic mass is 16.5. The molecular weight excluding hydrogens is 362 g/mol. The minimum Gasteiger partial charge on any atom is -0.496 e. The second-order valence-corrected chi connectivity index (χ2v) is 6.16. The Morgan fingerprint density at radius 1 is 1.14 bits per heavy atom. The van der Waals surface area contributed by atoms with Crippen molar-refractivity contribution in [3.8, 4) is 11.5 Å². The molecule has 9 heteroatoms. The minimum atomic E-state index is -0.631. The first-order valence-corrected chi connectivity index (χ1v) is 8.82. The average Bonchev–Trinajstić information content (AvgIpc) is 3.20. The molecule has 2 aromatic rings. The molecule has 1 fully saturated rings. The molecule has 9 nitrogen and oxygen atoms in total. The molecule has 2 unspecified atom stereocenters. The number of methoxy groups -OCH3 is 2. The number of pyridine rings is 1. The first kappa shape index (κ1) is 19.6. The van der Waals surface area contributed by atoms with Crippen LogP contribution in [0.2, 0.25) is 0 Å². The normalized spacial score (nSPS) is 18.4. The van der Waals surface area contributed by atoms with Crippen molar-refractivity contribution in [3.05, 3.63) is 53.9 Å². The van der Waals surface area contributed by atoms with Gasteiger partial charge in [0.2, 0.25) is 5.91 Å². The number of aromatic nitrogens is 1. The summed E-state index contributed by atoms with van der Waals surface area (Å²) in [5.74, 6) is 0.166. The lowest BCUT2D eigenvalue weighted by molar-refractivity contribution is -0.123. The summed E-state index contributed by atoms with van der Waals surface area (Å²) in [6.07, 6.45) is 1.67. The maximum Gasteiger partial charge on any atom is 0.259 e. The molecule has 0 spiro atoms. The molecule has 2 atom stereocenters. The molecule has 0 saturated carbocycles. The van der Waals surface area contributed by atoms with Crippen molar-refractivity contribution in [2.75, 3.05) is 20.8 Å². The summed E-state index contributed by atoms with van der Waals surface area (Å²) in [6.45, 7) is 0.698. The first-order valence-electron chi connectivity index (χ1n) is 8.82. The topological polar surface area (TPSA) is 114 Å². The molecule has 1 aromatic heterocycles. The smallest absolute Gasteiger partial charge is 0.259 e. The van der Waals surface area contributed by atoms with E-state index >= 15 is 0 Å². The standard InChI is InChI=1S/C19H23N5O4/c1-27-14-7-5-8-15(28-2)16(14)18(25)23-13-11-22-24-17(13)19(26)21-10-12-6-3-4-9-20-12/h3-9,13,17,22,24H,10-11H2,1-2H3,(H,21,26)(H,23,25). The van der Waals surface area contributed by atoms with Gasteiger partial charge in [0, 0.05) is 12.7 Å². The first-order chi connectivity index (χ1) is 13.6. The van der Waals surface area contributed by atoms with Gasteiger partial charge >= 0.3 is 0 Å². The van der Waals surface area contributed by atoms with Crippen LogP contribution in [0.5, 0.6) is 11.5 Å². The molecule has 2 heterocycles. The van der Waals surface area contributed by atoms with Crippen LogP contribution < -0.4 is 31.0 Å². The van der Waals surface area contributed by atoms with Crippen molar-refractivity contribution in [1.29, 1.82) is 0 Å². The Kier molecular flexibility index (Phi) is 6.41. The molecule has 1 saturated heterocycles. The van der Waals surface area contributed by atoms with Gasteiger partial charge in [-0.15, -0.1) is 0 Å². The molecule has 1 aliphatic heterocycles. The Hall–Kier alpha value is -3.17. The van der Waals surface area contributed by atoms with Crippen molar-refractivity contribution in [2.45, 2.75) is 18.6 Å². The number of carbonyl (C=O) groups is 2. The average molecular weight is 385 g/mol. The van der Waals surface area contributed by atoms with Gasteiger partial charge in [-0.1, -0.05) is 12.1 Å². The van der Waals surface area contributed by atoms with Gasteiger partial charge < -0.3 is 20.1 Å². The molecule has 148 valence electrons. The number of hydrogen-bond donors (Lipinski definition) is 4. The fourth-order valence-corrected chi connectivity index (χ4v) is 2.99. The molecule has 1 aromatic carbocycles. The van der Waals surface area contributed by atoms with Crippen molar-refractivity contribution in [1.82, 2.24) is 26.5 Å². The molecule has 1 aliphatic rings. The predicted octanol–water partition coefficient (Wildman–Crippen LogP) is -0.01000. The molecule has 0 bridgehead atoms. The second kappa shape index (κ2) is 9.16. The number of nitrogens with one attached hydrogen (secondary N) is 4. The summed E-state index contributed by atoms with van der Waals surface area (Å²) < 4.78 is 10.6. The molecule has 2 amide bonds. The summed E-state index contributed by atoms with van der Waals surface area (Å²) in [5.41, 5.74) is 6.84. The highest BCUT2D eigenvalue weighted by Gasteiger charge is 2.35. The van der Waals surface area contributed by atoms with Crippen LogP contribution in [-0.2, 0) is 11.3 Å². The van der Waals surface area contributed by atoms with Crippen LogP contribution in [0.25, 0.3) is 0 Å². The zero-order valence-electron chi connectivity index (χ0n) is 15.7. The Morgan fingerprint density at radius 3 is 2.54 bits per heavy atom. The van der Waals surface area contributed by atoms with Crippen LogP contribution in [-0.4, -0.2) is 49.6 Å². The number of benzene rings is 1. The quantitative estimate of drug-likeness (QED) is 0.530. The number of carbonyl (C=O) groups excluding carboxylic acids is 2. The summed E-state index contributed by atoms with van der Waals surface area (Å²) in [6, 6.07) is 9.51. The van der Waals surface area contributed by atoms with Gasteiger partial charge in [0.05, 0.1) is 32.5 Å². The van der Waals surface area contributed by atoms with Crippen LogP contribution in [0.4, 0.5) is 0 Å². The summed E-state index contributed by atoms with van der Waals surface area (Å²) in [7, 11) is 2.97. The van der Waals surface area contributed by atoms with E-state index in [9.17, 15) is 9.59 Å². The minimum absolute atomic E-state index is 0.243. The Bertz CT molecular complexity index is 808. The zero-order valence-corrected chi connectivity index (χ0v) is 15.7. The van der Waals surface area contributed by atoms with Crippen molar-refractivity contribution in [3.63, 3.8) is 0 Å². The van der Waals surface area contributed by atoms with Gasteiger partial charge in [-0.3, -0.25) is 20.0 Å². The van der Waals surface area contributed by atoms with Gasteiger partial charge in [-0.05, 0) is 24.3 Å². The monoisotopic (exact) mass is 385 g/mol. The maximum absolute atomic E-state index is 12.8. The fraction of sp³-hybridized carbons (Fsp3) is 0.316. The van der Waals surface area contributed by atoms with Gasteiger partial charge in [0.1, 0.15) is 23.1 Å². The molecule has 4 N–H and O–H groups in total. The van der Waals surface area contributed by atoms with E-state index < -0.39 is 12.1 Å². The number of hydrogen-bond acceptors (Lipinski definition) is 7. The van der Waals surface area contributed by atoms with Crippen LogP contribution in [0.1, 0.15) is 16.1 Å². The van der Waals surface area contributed by atoms with Crippen LogP contribution in [0.15, 0.2) is 42.6 Å². The van der Waals surface area contributed by atoms with E-state index in [0.29, 0.717) is 24.6 Å². The lowest BCUT2D eigenvalue weighted by Gasteiger charge is -2.20. The molecular formula is C19H23N5O4. The number of hydrazine groups is 1. The third kappa shape index (κ3) is 4.38. The number of amides is 2. The fourth-order valence-electron chi connectivity index (χ4n) is 2.99. The van der Waals surface area contributed by atoms with Crippen molar-refractivity contribution < 1.29 is 19.1 Å². The van der Waals surface area contributed by atoms with E-state index in [0.717, 1.165) is 5.69 Å². The number of ether oxygens (including phenoxy) is 2. The van der Waals surface area contributed by atoms with Crippen molar-refractivity contribution >= 4 is 11.8 Å². The lowest BCUT2D eigenvalue weighted by Crippen LogP contribution is -2.53. The zero-order chi connectivity index (χ0) is 19.9. The van der Waals surface area contributed by atoms with Gasteiger partial charge in [0.25, 0.3) is 5.91 Å². The Morgan fingerprint density at radius 2 is 1.89 bits per heavy atom. The van der Waals surface area contributed by atoms with E-state index in [2.05, 4.69) is 26.5 Å². The van der Waals surface area contributed by atoms with E-state index in [1.807, 2.05) is 18.2 Å². The third-order valence-electron chi connectivity index (χ3n) is 4.41. The highest BCUT2D eigenvalue weighted by Crippen LogP contribution is 2.28. The van der Waals surface area contributed by atoms with Gasteiger partial charge in [-0.2, -0.15) is 0 Å². The van der Waals surface area contributed by atoms with Crippen LogP contribution >= 0.6 is 0 Å². The van der Waals surface area contributed by atoms with E-state index in [1.165, 1.54) is 14.2 Å². The predicted molar refractivity (Wildman–Crippen MR) is 102 cm³/mol. The Balaban J connectivity index is 1.66. The number of rotatable bonds is 7. The van der Waals surface area contributed by atoms with Crippen LogP contribution in [0, 0.1) is 0 Å². The second-order valence-electron chi connectivity index (χ2n) is 6.16. The maximum atomic E-state index is 12.8. The van der Waals surface area contributed by atoms with E-state index in [-0.39, 0.29) is 17.4 Å². The lowest BCUT2D eigenvalue weighted by atomic mass is 10.1.